The summed E-state index contributed by atoms with van der Waals surface area (Å²) in [5.74, 6) is 0.0864. The van der Waals surface area contributed by atoms with Crippen molar-refractivity contribution in [2.45, 2.75) is 26.0 Å². The Bertz CT molecular complexity index is 1220. The molecule has 0 aliphatic carbocycles. The van der Waals surface area contributed by atoms with Gasteiger partial charge in [-0.2, -0.15) is 0 Å². The van der Waals surface area contributed by atoms with Gasteiger partial charge >= 0.3 is 6.03 Å². The molecule has 202 valence electrons. The highest BCUT2D eigenvalue weighted by Gasteiger charge is 2.35. The van der Waals surface area contributed by atoms with Gasteiger partial charge in [0.25, 0.3) is 5.91 Å². The number of carbonyl (C=O) groups is 2. The highest BCUT2D eigenvalue weighted by atomic mass is 32.2. The zero-order valence-corrected chi connectivity index (χ0v) is 22.4. The zero-order chi connectivity index (χ0) is 27.3. The summed E-state index contributed by atoms with van der Waals surface area (Å²) in [6.07, 6.45) is 0.406. The molecule has 0 saturated heterocycles. The molecule has 1 heterocycles. The highest BCUT2D eigenvalue weighted by molar-refractivity contribution is 7.92. The summed E-state index contributed by atoms with van der Waals surface area (Å²) in [5.41, 5.74) is 0.869. The summed E-state index contributed by atoms with van der Waals surface area (Å²) in [5, 5.41) is 12.6. The first-order valence-corrected chi connectivity index (χ1v) is 13.7. The molecule has 3 atom stereocenters. The van der Waals surface area contributed by atoms with Gasteiger partial charge in [0.05, 0.1) is 43.8 Å². The lowest BCUT2D eigenvalue weighted by atomic mass is 9.99. The number of para-hydroxylation sites is 1. The van der Waals surface area contributed by atoms with Crippen molar-refractivity contribution in [3.05, 3.63) is 48.0 Å². The van der Waals surface area contributed by atoms with Gasteiger partial charge in [-0.1, -0.05) is 13.0 Å². The SMILES string of the molecule is COc1ccc(NC(=O)N(C)C[C@H]2Oc3c(NS(C)(=O)=O)cccc3C(=O)N([C@H](C)CO)C[C@H]2C)cc1. The number of hydrogen-bond acceptors (Lipinski definition) is 7. The topological polar surface area (TPSA) is 138 Å². The zero-order valence-electron chi connectivity index (χ0n) is 21.6. The average molecular weight is 535 g/mol. The molecule has 0 bridgehead atoms. The van der Waals surface area contributed by atoms with Gasteiger partial charge in [-0.05, 0) is 43.3 Å². The molecule has 0 fully saturated rings. The lowest BCUT2D eigenvalue weighted by Gasteiger charge is -2.38. The second-order valence-corrected chi connectivity index (χ2v) is 11.0. The molecule has 3 amide bonds. The third kappa shape index (κ3) is 7.04. The van der Waals surface area contributed by atoms with E-state index < -0.39 is 22.2 Å². The number of fused-ring (bicyclic) bond motifs is 1. The van der Waals surface area contributed by atoms with Crippen LogP contribution in [0.3, 0.4) is 0 Å². The van der Waals surface area contributed by atoms with Crippen molar-refractivity contribution >= 4 is 33.3 Å². The third-order valence-electron chi connectivity index (χ3n) is 6.13. The molecule has 2 aromatic rings. The molecule has 0 unspecified atom stereocenters. The number of hydrogen-bond donors (Lipinski definition) is 3. The number of aliphatic hydroxyl groups excluding tert-OH is 1. The molecule has 0 radical (unpaired) electrons. The van der Waals surface area contributed by atoms with Crippen molar-refractivity contribution < 1.29 is 32.6 Å². The Morgan fingerprint density at radius 1 is 1.27 bits per heavy atom. The van der Waals surface area contributed by atoms with E-state index in [0.717, 1.165) is 6.26 Å². The van der Waals surface area contributed by atoms with E-state index in [0.29, 0.717) is 11.4 Å². The maximum absolute atomic E-state index is 13.4. The normalized spacial score (nSPS) is 18.5. The van der Waals surface area contributed by atoms with Crippen LogP contribution < -0.4 is 19.5 Å². The smallest absolute Gasteiger partial charge is 0.321 e. The Labute approximate surface area is 217 Å². The lowest BCUT2D eigenvalue weighted by molar-refractivity contribution is 0.0373. The van der Waals surface area contributed by atoms with Crippen LogP contribution >= 0.6 is 0 Å². The minimum absolute atomic E-state index is 0.0774. The minimum atomic E-state index is -3.67. The van der Waals surface area contributed by atoms with Gasteiger partial charge in [0.2, 0.25) is 10.0 Å². The predicted octanol–water partition coefficient (Wildman–Crippen LogP) is 2.45. The van der Waals surface area contributed by atoms with Crippen LogP contribution in [-0.4, -0.2) is 87.5 Å². The maximum Gasteiger partial charge on any atom is 0.321 e. The van der Waals surface area contributed by atoms with E-state index in [-0.39, 0.29) is 54.6 Å². The number of amides is 3. The number of nitrogens with zero attached hydrogens (tertiary/aromatic N) is 2. The van der Waals surface area contributed by atoms with Gasteiger partial charge in [-0.3, -0.25) is 9.52 Å². The van der Waals surface area contributed by atoms with Crippen LogP contribution in [0.15, 0.2) is 42.5 Å². The standard InChI is InChI=1S/C25H34N4O7S/c1-16-13-29(17(2)15-30)24(31)20-7-6-8-21(27-37(5,33)34)23(20)36-22(16)14-28(3)25(32)26-18-9-11-19(35-4)12-10-18/h6-12,16-17,22,27,30H,13-15H2,1-5H3,(H,26,32)/t16-,17-,22-/m1/s1. The number of sulfonamides is 1. The van der Waals surface area contributed by atoms with Gasteiger partial charge < -0.3 is 29.7 Å². The molecule has 37 heavy (non-hydrogen) atoms. The molecule has 3 N–H and O–H groups in total. The Morgan fingerprint density at radius 3 is 2.54 bits per heavy atom. The largest absolute Gasteiger partial charge is 0.497 e. The summed E-state index contributed by atoms with van der Waals surface area (Å²) in [6.45, 7) is 3.77. The van der Waals surface area contributed by atoms with Gasteiger partial charge in [0, 0.05) is 25.2 Å². The number of urea groups is 1. The van der Waals surface area contributed by atoms with Crippen molar-refractivity contribution in [1.29, 1.82) is 0 Å². The Kier molecular flexibility index (Phi) is 8.87. The fourth-order valence-electron chi connectivity index (χ4n) is 3.99. The molecule has 1 aliphatic rings. The Hall–Kier alpha value is -3.51. The van der Waals surface area contributed by atoms with Crippen LogP contribution in [0.1, 0.15) is 24.2 Å². The highest BCUT2D eigenvalue weighted by Crippen LogP contribution is 2.35. The molecule has 3 rings (SSSR count). The van der Waals surface area contributed by atoms with E-state index in [4.69, 9.17) is 9.47 Å². The fourth-order valence-corrected chi connectivity index (χ4v) is 4.55. The van der Waals surface area contributed by atoms with Crippen molar-refractivity contribution in [2.24, 2.45) is 5.92 Å². The van der Waals surface area contributed by atoms with Crippen LogP contribution in [-0.2, 0) is 10.0 Å². The maximum atomic E-state index is 13.4. The van der Waals surface area contributed by atoms with E-state index in [1.165, 1.54) is 11.0 Å². The first-order chi connectivity index (χ1) is 17.4. The van der Waals surface area contributed by atoms with Gasteiger partial charge in [0.1, 0.15) is 11.9 Å². The molecule has 11 nitrogen and oxygen atoms in total. The van der Waals surface area contributed by atoms with E-state index in [9.17, 15) is 23.1 Å². The van der Waals surface area contributed by atoms with Crippen LogP contribution in [0.4, 0.5) is 16.2 Å². The van der Waals surface area contributed by atoms with Gasteiger partial charge in [-0.15, -0.1) is 0 Å². The van der Waals surface area contributed by atoms with Crippen molar-refractivity contribution in [3.63, 3.8) is 0 Å². The van der Waals surface area contributed by atoms with E-state index in [1.54, 1.807) is 62.4 Å². The number of anilines is 2. The summed E-state index contributed by atoms with van der Waals surface area (Å²) in [4.78, 5) is 29.3. The van der Waals surface area contributed by atoms with Gasteiger partial charge in [-0.25, -0.2) is 13.2 Å². The van der Waals surface area contributed by atoms with Crippen molar-refractivity contribution in [3.8, 4) is 11.5 Å². The average Bonchev–Trinajstić information content (AvgIpc) is 2.85. The Balaban J connectivity index is 1.91. The van der Waals surface area contributed by atoms with E-state index in [2.05, 4.69) is 10.0 Å². The molecule has 1 aliphatic heterocycles. The molecule has 0 aromatic heterocycles. The number of nitrogens with one attached hydrogen (secondary N) is 2. The van der Waals surface area contributed by atoms with Crippen molar-refractivity contribution in [1.82, 2.24) is 9.80 Å². The third-order valence-corrected chi connectivity index (χ3v) is 6.72. The minimum Gasteiger partial charge on any atom is -0.497 e. The number of ether oxygens (including phenoxy) is 2. The Morgan fingerprint density at radius 2 is 1.95 bits per heavy atom. The number of methoxy groups -OCH3 is 1. The van der Waals surface area contributed by atoms with Crippen LogP contribution in [0, 0.1) is 5.92 Å². The second kappa shape index (κ2) is 11.7. The summed E-state index contributed by atoms with van der Waals surface area (Å²) < 4.78 is 37.8. The van der Waals surface area contributed by atoms with Crippen LogP contribution in [0.2, 0.25) is 0 Å². The number of rotatable bonds is 8. The first kappa shape index (κ1) is 28.1. The van der Waals surface area contributed by atoms with Gasteiger partial charge in [0.15, 0.2) is 5.75 Å². The van der Waals surface area contributed by atoms with E-state index in [1.807, 2.05) is 6.92 Å². The summed E-state index contributed by atoms with van der Waals surface area (Å²) in [7, 11) is -0.492. The monoisotopic (exact) mass is 534 g/mol. The van der Waals surface area contributed by atoms with Crippen LogP contribution in [0.5, 0.6) is 11.5 Å². The first-order valence-electron chi connectivity index (χ1n) is 11.8. The second-order valence-electron chi connectivity index (χ2n) is 9.22. The summed E-state index contributed by atoms with van der Waals surface area (Å²) in [6, 6.07) is 10.7. The molecule has 0 spiro atoms. The van der Waals surface area contributed by atoms with E-state index >= 15 is 0 Å². The number of likely N-dealkylation sites (N-methyl/N-ethyl adjacent to an activating group) is 1. The lowest BCUT2D eigenvalue weighted by Crippen LogP contribution is -2.50. The molecule has 12 heteroatoms. The van der Waals surface area contributed by atoms with Crippen LogP contribution in [0.25, 0.3) is 0 Å². The number of aliphatic hydroxyl groups is 1. The van der Waals surface area contributed by atoms with Crippen molar-refractivity contribution in [2.75, 3.05) is 50.1 Å². The molecular weight excluding hydrogens is 500 g/mol. The predicted molar refractivity (Wildman–Crippen MR) is 141 cm³/mol. The molecule has 0 saturated carbocycles. The number of benzene rings is 2. The molecule has 2 aromatic carbocycles. The molecular formula is C25H34N4O7S. The quantitative estimate of drug-likeness (QED) is 0.473. The number of carbonyl (C=O) groups excluding carboxylic acids is 2. The fraction of sp³-hybridized carbons (Fsp3) is 0.440. The summed E-state index contributed by atoms with van der Waals surface area (Å²) >= 11 is 0.